The minimum Gasteiger partial charge on any atom is -0.326 e. The predicted molar refractivity (Wildman–Crippen MR) is 98.6 cm³/mol. The van der Waals surface area contributed by atoms with Crippen LogP contribution in [0.4, 0.5) is 24.5 Å². The van der Waals surface area contributed by atoms with Crippen LogP contribution in [0, 0.1) is 6.92 Å². The number of rotatable bonds is 3. The highest BCUT2D eigenvalue weighted by molar-refractivity contribution is 6.33. The number of nitrogens with one attached hydrogen (secondary N) is 2. The molecule has 0 aliphatic carbocycles. The van der Waals surface area contributed by atoms with Gasteiger partial charge in [-0.3, -0.25) is 14.0 Å². The Hall–Kier alpha value is -3.07. The van der Waals surface area contributed by atoms with E-state index in [-0.39, 0.29) is 28.0 Å². The highest BCUT2D eigenvalue weighted by Crippen LogP contribution is 2.33. The minimum atomic E-state index is -4.62. The van der Waals surface area contributed by atoms with Crippen LogP contribution < -0.4 is 10.6 Å². The molecule has 0 saturated heterocycles. The van der Waals surface area contributed by atoms with Crippen LogP contribution in [0.15, 0.2) is 36.5 Å². The lowest BCUT2D eigenvalue weighted by Crippen LogP contribution is -2.16. The van der Waals surface area contributed by atoms with E-state index >= 15 is 0 Å². The van der Waals surface area contributed by atoms with Crippen molar-refractivity contribution in [2.24, 2.45) is 0 Å². The van der Waals surface area contributed by atoms with Crippen molar-refractivity contribution in [3.8, 4) is 0 Å². The number of amides is 2. The first-order valence-corrected chi connectivity index (χ1v) is 8.38. The van der Waals surface area contributed by atoms with Crippen LogP contribution in [0.3, 0.4) is 0 Å². The number of hydrogen-bond acceptors (Lipinski definition) is 3. The van der Waals surface area contributed by atoms with Crippen molar-refractivity contribution in [3.05, 3.63) is 58.5 Å². The number of fused-ring (bicyclic) bond motifs is 1. The second-order valence-electron chi connectivity index (χ2n) is 6.03. The highest BCUT2D eigenvalue weighted by atomic mass is 35.5. The Labute approximate surface area is 162 Å². The molecule has 2 N–H and O–H groups in total. The van der Waals surface area contributed by atoms with Crippen LogP contribution in [0.25, 0.3) is 5.65 Å². The van der Waals surface area contributed by atoms with Gasteiger partial charge in [0.25, 0.3) is 5.91 Å². The van der Waals surface area contributed by atoms with E-state index in [9.17, 15) is 22.8 Å². The Kier molecular flexibility index (Phi) is 5.03. The van der Waals surface area contributed by atoms with Crippen molar-refractivity contribution in [2.45, 2.75) is 20.0 Å². The van der Waals surface area contributed by atoms with E-state index in [1.165, 1.54) is 13.8 Å². The molecule has 0 aliphatic rings. The van der Waals surface area contributed by atoms with Crippen molar-refractivity contribution >= 4 is 40.4 Å². The molecule has 2 amide bonds. The van der Waals surface area contributed by atoms with Gasteiger partial charge in [0.05, 0.1) is 16.3 Å². The number of pyridine rings is 1. The van der Waals surface area contributed by atoms with Gasteiger partial charge in [-0.2, -0.15) is 13.2 Å². The first kappa shape index (κ1) is 19.7. The maximum Gasteiger partial charge on any atom is 0.417 e. The Balaban J connectivity index is 1.96. The molecule has 2 heterocycles. The molecule has 2 aromatic heterocycles. The normalized spacial score (nSPS) is 11.5. The van der Waals surface area contributed by atoms with E-state index in [2.05, 4.69) is 15.6 Å². The van der Waals surface area contributed by atoms with E-state index in [0.717, 1.165) is 16.7 Å². The molecule has 0 unspecified atom stereocenters. The average Bonchev–Trinajstić information content (AvgIpc) is 2.92. The van der Waals surface area contributed by atoms with Gasteiger partial charge in [-0.1, -0.05) is 11.6 Å². The Bertz CT molecular complexity index is 1080. The molecular weight excluding hydrogens is 397 g/mol. The number of hydrogen-bond donors (Lipinski definition) is 2. The first-order chi connectivity index (χ1) is 13.1. The number of nitrogens with zero attached hydrogens (tertiary/aromatic N) is 2. The maximum atomic E-state index is 13.1. The monoisotopic (exact) mass is 410 g/mol. The van der Waals surface area contributed by atoms with Crippen LogP contribution in [-0.4, -0.2) is 21.2 Å². The molecule has 0 bridgehead atoms. The number of aryl methyl sites for hydroxylation is 1. The van der Waals surface area contributed by atoms with Crippen molar-refractivity contribution in [1.82, 2.24) is 9.38 Å². The van der Waals surface area contributed by atoms with Crippen molar-refractivity contribution in [1.29, 1.82) is 0 Å². The predicted octanol–water partition coefficient (Wildman–Crippen LogP) is 4.53. The van der Waals surface area contributed by atoms with Crippen molar-refractivity contribution < 1.29 is 22.8 Å². The summed E-state index contributed by atoms with van der Waals surface area (Å²) in [5, 5.41) is 4.97. The largest absolute Gasteiger partial charge is 0.417 e. The number of aromatic nitrogens is 2. The van der Waals surface area contributed by atoms with Crippen LogP contribution in [0.1, 0.15) is 28.7 Å². The number of halogens is 4. The SMILES string of the molecule is CC(=O)Nc1ccc(NC(=O)c2c(C)nc3c(Cl)cc(C(F)(F)F)cn23)cc1. The zero-order chi connectivity index (χ0) is 20.6. The maximum absolute atomic E-state index is 13.1. The van der Waals surface area contributed by atoms with Gasteiger partial charge in [0.15, 0.2) is 5.65 Å². The lowest BCUT2D eigenvalue weighted by molar-refractivity contribution is -0.137. The van der Waals surface area contributed by atoms with E-state index in [0.29, 0.717) is 11.4 Å². The number of alkyl halides is 3. The van der Waals surface area contributed by atoms with Gasteiger partial charge in [-0.25, -0.2) is 4.98 Å². The summed E-state index contributed by atoms with van der Waals surface area (Å²) in [7, 11) is 0. The lowest BCUT2D eigenvalue weighted by atomic mass is 10.2. The van der Waals surface area contributed by atoms with E-state index < -0.39 is 17.6 Å². The molecule has 10 heteroatoms. The van der Waals surface area contributed by atoms with Crippen LogP contribution in [0.2, 0.25) is 5.02 Å². The van der Waals surface area contributed by atoms with Gasteiger partial charge in [0.2, 0.25) is 5.91 Å². The second-order valence-corrected chi connectivity index (χ2v) is 6.43. The summed E-state index contributed by atoms with van der Waals surface area (Å²) in [6.45, 7) is 2.87. The fourth-order valence-corrected chi connectivity index (χ4v) is 2.93. The quantitative estimate of drug-likeness (QED) is 0.666. The van der Waals surface area contributed by atoms with Gasteiger partial charge in [-0.15, -0.1) is 0 Å². The average molecular weight is 411 g/mol. The third-order valence-electron chi connectivity index (χ3n) is 3.85. The van der Waals surface area contributed by atoms with Gasteiger partial charge >= 0.3 is 6.18 Å². The number of imidazole rings is 1. The number of anilines is 2. The van der Waals surface area contributed by atoms with Crippen LogP contribution in [-0.2, 0) is 11.0 Å². The molecule has 0 aliphatic heterocycles. The van der Waals surface area contributed by atoms with Crippen LogP contribution >= 0.6 is 11.6 Å². The summed E-state index contributed by atoms with van der Waals surface area (Å²) < 4.78 is 40.3. The van der Waals surface area contributed by atoms with Crippen molar-refractivity contribution in [2.75, 3.05) is 10.6 Å². The molecular formula is C18H14ClF3N4O2. The summed E-state index contributed by atoms with van der Waals surface area (Å²) in [5.41, 5.74) is 0.168. The zero-order valence-corrected chi connectivity index (χ0v) is 15.4. The molecule has 0 fully saturated rings. The Morgan fingerprint density at radius 1 is 1.11 bits per heavy atom. The number of carbonyl (C=O) groups excluding carboxylic acids is 2. The molecule has 146 valence electrons. The fourth-order valence-electron chi connectivity index (χ4n) is 2.68. The molecule has 6 nitrogen and oxygen atoms in total. The standard InChI is InChI=1S/C18H14ClF3N4O2/c1-9-15(17(28)25-13-5-3-12(4-6-13)24-10(2)27)26-8-11(18(20,21)22)7-14(19)16(26)23-9/h3-8H,1-2H3,(H,24,27)(H,25,28). The van der Waals surface area contributed by atoms with Gasteiger partial charge in [-0.05, 0) is 37.3 Å². The summed E-state index contributed by atoms with van der Waals surface area (Å²) in [6.07, 6.45) is -3.83. The number of benzene rings is 1. The summed E-state index contributed by atoms with van der Waals surface area (Å²) in [6, 6.07) is 7.03. The molecule has 0 saturated carbocycles. The third-order valence-corrected chi connectivity index (χ3v) is 4.13. The van der Waals surface area contributed by atoms with Gasteiger partial charge in [0, 0.05) is 24.5 Å². The Morgan fingerprint density at radius 2 is 1.68 bits per heavy atom. The molecule has 0 spiro atoms. The molecule has 3 aromatic rings. The van der Waals surface area contributed by atoms with Crippen molar-refractivity contribution in [3.63, 3.8) is 0 Å². The van der Waals surface area contributed by atoms with E-state index in [1.807, 2.05) is 0 Å². The first-order valence-electron chi connectivity index (χ1n) is 8.00. The summed E-state index contributed by atoms with van der Waals surface area (Å²) in [5.74, 6) is -0.886. The number of carbonyl (C=O) groups is 2. The van der Waals surface area contributed by atoms with Crippen LogP contribution in [0.5, 0.6) is 0 Å². The smallest absolute Gasteiger partial charge is 0.326 e. The zero-order valence-electron chi connectivity index (χ0n) is 14.7. The molecule has 3 rings (SSSR count). The van der Waals surface area contributed by atoms with E-state index in [4.69, 9.17) is 11.6 Å². The van der Waals surface area contributed by atoms with E-state index in [1.54, 1.807) is 24.3 Å². The topological polar surface area (TPSA) is 75.5 Å². The van der Waals surface area contributed by atoms with Gasteiger partial charge in [0.1, 0.15) is 5.69 Å². The Morgan fingerprint density at radius 3 is 2.21 bits per heavy atom. The molecule has 0 atom stereocenters. The minimum absolute atomic E-state index is 0.0540. The van der Waals surface area contributed by atoms with Gasteiger partial charge < -0.3 is 10.6 Å². The summed E-state index contributed by atoms with van der Waals surface area (Å²) in [4.78, 5) is 27.8. The molecule has 28 heavy (non-hydrogen) atoms. The fraction of sp³-hybridized carbons (Fsp3) is 0.167. The third kappa shape index (κ3) is 3.94. The summed E-state index contributed by atoms with van der Waals surface area (Å²) >= 11 is 5.93. The highest BCUT2D eigenvalue weighted by Gasteiger charge is 2.33. The molecule has 0 radical (unpaired) electrons. The lowest BCUT2D eigenvalue weighted by Gasteiger charge is -2.10. The second kappa shape index (κ2) is 7.16. The molecule has 1 aromatic carbocycles.